The summed E-state index contributed by atoms with van der Waals surface area (Å²) >= 11 is 0. The molecular weight excluding hydrogens is 428 g/mol. The first-order chi connectivity index (χ1) is 16.7. The van der Waals surface area contributed by atoms with Gasteiger partial charge >= 0.3 is 0 Å². The van der Waals surface area contributed by atoms with Crippen LogP contribution in [-0.4, -0.2) is 43.2 Å². The van der Waals surface area contributed by atoms with Crippen LogP contribution < -0.4 is 15.2 Å². The number of rotatable bonds is 8. The molecule has 1 atom stereocenters. The van der Waals surface area contributed by atoms with E-state index in [1.54, 1.807) is 0 Å². The topological polar surface area (TPSA) is 67.9 Å². The fraction of sp³-hybridized carbons (Fsp3) is 0.500. The molecule has 0 spiro atoms. The monoisotopic (exact) mass is 462 g/mol. The first-order valence-corrected chi connectivity index (χ1v) is 12.8. The molecule has 3 aliphatic rings. The van der Waals surface area contributed by atoms with Crippen LogP contribution in [0.5, 0.6) is 11.5 Å². The molecule has 1 aliphatic carbocycles. The van der Waals surface area contributed by atoms with Crippen LogP contribution in [0.4, 0.5) is 5.69 Å². The van der Waals surface area contributed by atoms with Crippen molar-refractivity contribution in [3.8, 4) is 22.8 Å². The van der Waals surface area contributed by atoms with Crippen LogP contribution in [0.25, 0.3) is 22.2 Å². The minimum absolute atomic E-state index is 0.217. The standard InChI is InChI=1S/C28H34N2O4/c29-27-25-10-9-23(34-22-11-14-31-15-12-22)16-26(25)30(17-19-3-4-19)28(27)20-5-7-21(8-6-20)33-18-24-2-1-13-32-24/h5-10,16,19,22,24H,1-4,11-15,17-18,29H2/t24-/m1/s1. The predicted octanol–water partition coefficient (Wildman–Crippen LogP) is 5.42. The number of nitrogens with zero attached hydrogens (tertiary/aromatic N) is 1. The lowest BCUT2D eigenvalue weighted by Crippen LogP contribution is -2.25. The average Bonchev–Trinajstić information content (AvgIpc) is 3.45. The van der Waals surface area contributed by atoms with Crippen LogP contribution in [0.15, 0.2) is 42.5 Å². The van der Waals surface area contributed by atoms with E-state index in [0.717, 1.165) is 97.3 Å². The van der Waals surface area contributed by atoms with Gasteiger partial charge in [-0.05, 0) is 68.0 Å². The van der Waals surface area contributed by atoms with Crippen molar-refractivity contribution in [1.29, 1.82) is 0 Å². The molecule has 3 fully saturated rings. The lowest BCUT2D eigenvalue weighted by atomic mass is 10.1. The number of nitrogen functional groups attached to an aromatic ring is 1. The first-order valence-electron chi connectivity index (χ1n) is 12.8. The van der Waals surface area contributed by atoms with Gasteiger partial charge in [-0.25, -0.2) is 0 Å². The van der Waals surface area contributed by atoms with E-state index in [1.165, 1.54) is 12.8 Å². The Morgan fingerprint density at radius 3 is 2.44 bits per heavy atom. The molecule has 0 bridgehead atoms. The van der Waals surface area contributed by atoms with Gasteiger partial charge in [-0.15, -0.1) is 0 Å². The first kappa shape index (κ1) is 21.8. The van der Waals surface area contributed by atoms with Crippen LogP contribution in [0, 0.1) is 5.92 Å². The van der Waals surface area contributed by atoms with Crippen molar-refractivity contribution in [3.05, 3.63) is 42.5 Å². The summed E-state index contributed by atoms with van der Waals surface area (Å²) in [6, 6.07) is 14.7. The minimum atomic E-state index is 0.217. The number of ether oxygens (including phenoxy) is 4. The average molecular weight is 463 g/mol. The number of aromatic nitrogens is 1. The van der Waals surface area contributed by atoms with Crippen molar-refractivity contribution in [3.63, 3.8) is 0 Å². The highest BCUT2D eigenvalue weighted by Gasteiger charge is 2.26. The van der Waals surface area contributed by atoms with Gasteiger partial charge in [-0.1, -0.05) is 0 Å². The van der Waals surface area contributed by atoms with Crippen molar-refractivity contribution in [2.24, 2.45) is 5.92 Å². The summed E-state index contributed by atoms with van der Waals surface area (Å²) in [6.07, 6.45) is 7.09. The Morgan fingerprint density at radius 1 is 0.912 bits per heavy atom. The molecule has 34 heavy (non-hydrogen) atoms. The summed E-state index contributed by atoms with van der Waals surface area (Å²) in [4.78, 5) is 0. The molecule has 0 unspecified atom stereocenters. The lowest BCUT2D eigenvalue weighted by molar-refractivity contribution is 0.0256. The van der Waals surface area contributed by atoms with E-state index in [2.05, 4.69) is 34.9 Å². The third-order valence-corrected chi connectivity index (χ3v) is 7.27. The van der Waals surface area contributed by atoms with Crippen molar-refractivity contribution in [2.45, 2.75) is 57.3 Å². The summed E-state index contributed by atoms with van der Waals surface area (Å²) in [7, 11) is 0. The second-order valence-electron chi connectivity index (χ2n) is 9.90. The molecule has 6 nitrogen and oxygen atoms in total. The Bertz CT molecular complexity index is 1120. The fourth-order valence-corrected chi connectivity index (χ4v) is 5.15. The van der Waals surface area contributed by atoms with Crippen LogP contribution in [0.3, 0.4) is 0 Å². The van der Waals surface area contributed by atoms with Crippen LogP contribution in [0.1, 0.15) is 38.5 Å². The van der Waals surface area contributed by atoms with Gasteiger partial charge in [0.15, 0.2) is 0 Å². The number of hydrogen-bond donors (Lipinski definition) is 1. The van der Waals surface area contributed by atoms with Gasteiger partial charge in [0.05, 0.1) is 36.2 Å². The number of anilines is 1. The van der Waals surface area contributed by atoms with E-state index < -0.39 is 0 Å². The van der Waals surface area contributed by atoms with Gasteiger partial charge in [-0.2, -0.15) is 0 Å². The summed E-state index contributed by atoms with van der Waals surface area (Å²) in [5.41, 5.74) is 11.0. The van der Waals surface area contributed by atoms with Crippen LogP contribution >= 0.6 is 0 Å². The molecule has 6 heteroatoms. The van der Waals surface area contributed by atoms with Crippen molar-refractivity contribution >= 4 is 16.6 Å². The smallest absolute Gasteiger partial charge is 0.121 e. The zero-order chi connectivity index (χ0) is 22.9. The zero-order valence-corrected chi connectivity index (χ0v) is 19.7. The van der Waals surface area contributed by atoms with Gasteiger partial charge in [0.1, 0.15) is 24.2 Å². The molecule has 2 aliphatic heterocycles. The molecule has 2 N–H and O–H groups in total. The molecule has 180 valence electrons. The van der Waals surface area contributed by atoms with E-state index in [4.69, 9.17) is 24.7 Å². The maximum absolute atomic E-state index is 6.76. The van der Waals surface area contributed by atoms with Crippen molar-refractivity contribution in [2.75, 3.05) is 32.2 Å². The summed E-state index contributed by atoms with van der Waals surface area (Å²) in [5.74, 6) is 2.51. The zero-order valence-electron chi connectivity index (χ0n) is 19.7. The van der Waals surface area contributed by atoms with Gasteiger partial charge < -0.3 is 29.2 Å². The molecule has 3 heterocycles. The Morgan fingerprint density at radius 2 is 1.71 bits per heavy atom. The van der Waals surface area contributed by atoms with Gasteiger partial charge in [0.25, 0.3) is 0 Å². The molecule has 2 aromatic carbocycles. The molecule has 0 amide bonds. The summed E-state index contributed by atoms with van der Waals surface area (Å²) < 4.78 is 25.8. The van der Waals surface area contributed by atoms with Crippen molar-refractivity contribution < 1.29 is 18.9 Å². The molecule has 1 saturated carbocycles. The molecule has 1 aromatic heterocycles. The van der Waals surface area contributed by atoms with E-state index in [-0.39, 0.29) is 12.2 Å². The quantitative estimate of drug-likeness (QED) is 0.484. The second kappa shape index (κ2) is 9.51. The Labute approximate surface area is 200 Å². The number of fused-ring (bicyclic) bond motifs is 1. The van der Waals surface area contributed by atoms with Crippen LogP contribution in [-0.2, 0) is 16.0 Å². The number of nitrogens with two attached hydrogens (primary N) is 1. The maximum Gasteiger partial charge on any atom is 0.121 e. The number of benzene rings is 2. The van der Waals surface area contributed by atoms with E-state index in [9.17, 15) is 0 Å². The number of hydrogen-bond acceptors (Lipinski definition) is 5. The van der Waals surface area contributed by atoms with Crippen molar-refractivity contribution in [1.82, 2.24) is 4.57 Å². The Balaban J connectivity index is 1.29. The normalized spacial score (nSPS) is 21.2. The predicted molar refractivity (Wildman–Crippen MR) is 133 cm³/mol. The third kappa shape index (κ3) is 4.62. The highest BCUT2D eigenvalue weighted by Crippen LogP contribution is 2.41. The largest absolute Gasteiger partial charge is 0.491 e. The van der Waals surface area contributed by atoms with Gasteiger partial charge in [-0.3, -0.25) is 0 Å². The van der Waals surface area contributed by atoms with E-state index in [0.29, 0.717) is 6.61 Å². The molecule has 6 rings (SSSR count). The van der Waals surface area contributed by atoms with E-state index >= 15 is 0 Å². The molecular formula is C28H34N2O4. The molecule has 3 aromatic rings. The fourth-order valence-electron chi connectivity index (χ4n) is 5.15. The SMILES string of the molecule is Nc1c(-c2ccc(OC[C@H]3CCCO3)cc2)n(CC2CC2)c2cc(OC3CCOCC3)ccc12. The van der Waals surface area contributed by atoms with Crippen LogP contribution in [0.2, 0.25) is 0 Å². The Kier molecular flexibility index (Phi) is 6.10. The highest BCUT2D eigenvalue weighted by molar-refractivity contribution is 6.01. The highest BCUT2D eigenvalue weighted by atomic mass is 16.5. The summed E-state index contributed by atoms with van der Waals surface area (Å²) in [6.45, 7) is 3.99. The van der Waals surface area contributed by atoms with Gasteiger partial charge in [0, 0.05) is 43.0 Å². The maximum atomic E-state index is 6.76. The van der Waals surface area contributed by atoms with Gasteiger partial charge in [0.2, 0.25) is 0 Å². The molecule has 2 saturated heterocycles. The minimum Gasteiger partial charge on any atom is -0.491 e. The molecule has 0 radical (unpaired) electrons. The van der Waals surface area contributed by atoms with E-state index in [1.807, 2.05) is 12.1 Å². The second-order valence-corrected chi connectivity index (χ2v) is 9.90. The Hall–Kier alpha value is -2.70. The summed E-state index contributed by atoms with van der Waals surface area (Å²) in [5, 5.41) is 1.09. The lowest BCUT2D eigenvalue weighted by Gasteiger charge is -2.23. The third-order valence-electron chi connectivity index (χ3n) is 7.27.